The monoisotopic (exact) mass is 465 g/mol. The van der Waals surface area contributed by atoms with Crippen molar-refractivity contribution in [3.05, 3.63) is 77.9 Å². The van der Waals surface area contributed by atoms with Crippen LogP contribution in [0.2, 0.25) is 0 Å². The summed E-state index contributed by atoms with van der Waals surface area (Å²) < 4.78 is 20.9. The van der Waals surface area contributed by atoms with Crippen molar-refractivity contribution >= 4 is 35.2 Å². The van der Waals surface area contributed by atoms with Crippen LogP contribution in [0, 0.1) is 0 Å². The zero-order valence-corrected chi connectivity index (χ0v) is 19.1. The van der Waals surface area contributed by atoms with E-state index in [0.29, 0.717) is 27.9 Å². The summed E-state index contributed by atoms with van der Waals surface area (Å²) in [5.41, 5.74) is 4.70. The highest BCUT2D eigenvalue weighted by Crippen LogP contribution is 2.28. The fourth-order valence-electron chi connectivity index (χ4n) is 2.75. The fourth-order valence-corrected chi connectivity index (χ4v) is 2.92. The molecule has 0 saturated carbocycles. The molecule has 0 radical (unpaired) electrons. The molecule has 170 valence electrons. The maximum Gasteiger partial charge on any atom is 0.343 e. The summed E-state index contributed by atoms with van der Waals surface area (Å²) in [6, 6.07) is 19.1. The van der Waals surface area contributed by atoms with Crippen molar-refractivity contribution in [2.75, 3.05) is 26.6 Å². The molecule has 0 heterocycles. The predicted molar refractivity (Wildman–Crippen MR) is 131 cm³/mol. The predicted octanol–water partition coefficient (Wildman–Crippen LogP) is 4.25. The number of rotatable bonds is 8. The van der Waals surface area contributed by atoms with Crippen molar-refractivity contribution in [3.8, 4) is 23.0 Å². The van der Waals surface area contributed by atoms with Crippen LogP contribution in [0.15, 0.2) is 71.8 Å². The summed E-state index contributed by atoms with van der Waals surface area (Å²) >= 11 is 5.22. The third-order valence-corrected chi connectivity index (χ3v) is 4.63. The van der Waals surface area contributed by atoms with E-state index in [0.717, 1.165) is 17.0 Å². The van der Waals surface area contributed by atoms with E-state index in [1.165, 1.54) is 14.2 Å². The Kier molecular flexibility index (Phi) is 8.20. The van der Waals surface area contributed by atoms with Gasteiger partial charge in [0.05, 0.1) is 33.1 Å². The highest BCUT2D eigenvalue weighted by Gasteiger charge is 2.12. The smallest absolute Gasteiger partial charge is 0.343 e. The molecule has 33 heavy (non-hydrogen) atoms. The molecule has 0 aromatic heterocycles. The average molecular weight is 466 g/mol. The Balaban J connectivity index is 1.52. The van der Waals surface area contributed by atoms with Crippen LogP contribution in [0.1, 0.15) is 15.9 Å². The van der Waals surface area contributed by atoms with Gasteiger partial charge >= 0.3 is 5.97 Å². The van der Waals surface area contributed by atoms with Crippen LogP contribution >= 0.6 is 12.2 Å². The van der Waals surface area contributed by atoms with E-state index in [9.17, 15) is 4.79 Å². The van der Waals surface area contributed by atoms with Gasteiger partial charge in [-0.15, -0.1) is 0 Å². The highest BCUT2D eigenvalue weighted by atomic mass is 32.1. The Morgan fingerprint density at radius 1 is 0.848 bits per heavy atom. The number of nitrogens with zero attached hydrogens (tertiary/aromatic N) is 1. The van der Waals surface area contributed by atoms with E-state index in [4.69, 9.17) is 31.2 Å². The number of methoxy groups -OCH3 is 3. The number of nitrogens with one attached hydrogen (secondary N) is 2. The van der Waals surface area contributed by atoms with Gasteiger partial charge in [-0.3, -0.25) is 5.43 Å². The van der Waals surface area contributed by atoms with Gasteiger partial charge in [0.2, 0.25) is 0 Å². The van der Waals surface area contributed by atoms with Gasteiger partial charge in [0.25, 0.3) is 0 Å². The van der Waals surface area contributed by atoms with Crippen LogP contribution < -0.4 is 29.7 Å². The summed E-state index contributed by atoms with van der Waals surface area (Å²) in [5, 5.41) is 7.47. The molecule has 2 N–H and O–H groups in total. The topological polar surface area (TPSA) is 90.4 Å². The summed E-state index contributed by atoms with van der Waals surface area (Å²) in [4.78, 5) is 12.4. The number of thiocarbonyl (C=S) groups is 1. The first-order chi connectivity index (χ1) is 16.0. The van der Waals surface area contributed by atoms with Gasteiger partial charge in [-0.05, 0) is 84.5 Å². The molecular weight excluding hydrogens is 442 g/mol. The number of ether oxygens (including phenoxy) is 4. The zero-order chi connectivity index (χ0) is 23.6. The lowest BCUT2D eigenvalue weighted by molar-refractivity contribution is 0.0734. The number of hydrogen-bond donors (Lipinski definition) is 2. The molecule has 0 aliphatic carbocycles. The Morgan fingerprint density at radius 3 is 2.15 bits per heavy atom. The largest absolute Gasteiger partial charge is 0.497 e. The standard InChI is InChI=1S/C24H23N3O5S/c1-29-19-11-7-18(8-12-19)26-24(33)27-25-15-16-4-9-20(10-5-16)32-23(28)17-6-13-21(30-2)22(14-17)31-3/h4-15H,1-3H3,(H2,26,27,33)/b25-15+. The normalized spacial score (nSPS) is 10.4. The third kappa shape index (κ3) is 6.68. The average Bonchev–Trinajstić information content (AvgIpc) is 2.85. The molecule has 0 unspecified atom stereocenters. The van der Waals surface area contributed by atoms with Gasteiger partial charge in [-0.2, -0.15) is 5.10 Å². The second-order valence-corrected chi connectivity index (χ2v) is 6.99. The van der Waals surface area contributed by atoms with Crippen molar-refractivity contribution in [2.24, 2.45) is 5.10 Å². The van der Waals surface area contributed by atoms with Crippen molar-refractivity contribution < 1.29 is 23.7 Å². The van der Waals surface area contributed by atoms with Crippen LogP contribution in [0.4, 0.5) is 5.69 Å². The molecule has 0 saturated heterocycles. The number of esters is 1. The lowest BCUT2D eigenvalue weighted by Gasteiger charge is -2.09. The minimum Gasteiger partial charge on any atom is -0.497 e. The van der Waals surface area contributed by atoms with Crippen molar-refractivity contribution in [2.45, 2.75) is 0 Å². The molecule has 3 rings (SSSR count). The van der Waals surface area contributed by atoms with Crippen molar-refractivity contribution in [3.63, 3.8) is 0 Å². The zero-order valence-electron chi connectivity index (χ0n) is 18.3. The molecule has 0 spiro atoms. The molecule has 3 aromatic rings. The van der Waals surface area contributed by atoms with Gasteiger partial charge in [-0.25, -0.2) is 4.79 Å². The van der Waals surface area contributed by atoms with Gasteiger partial charge in [0.1, 0.15) is 11.5 Å². The molecule has 0 bridgehead atoms. The van der Waals surface area contributed by atoms with Gasteiger partial charge in [0, 0.05) is 5.69 Å². The van der Waals surface area contributed by atoms with E-state index in [1.807, 2.05) is 24.3 Å². The van der Waals surface area contributed by atoms with Gasteiger partial charge < -0.3 is 24.3 Å². The molecule has 0 aliphatic heterocycles. The Morgan fingerprint density at radius 2 is 1.52 bits per heavy atom. The number of carbonyl (C=O) groups excluding carboxylic acids is 1. The fraction of sp³-hybridized carbons (Fsp3) is 0.125. The second-order valence-electron chi connectivity index (χ2n) is 6.58. The number of anilines is 1. The van der Waals surface area contributed by atoms with Crippen LogP contribution in [-0.4, -0.2) is 38.6 Å². The van der Waals surface area contributed by atoms with Crippen LogP contribution in [0.25, 0.3) is 0 Å². The summed E-state index contributed by atoms with van der Waals surface area (Å²) in [6.45, 7) is 0. The van der Waals surface area contributed by atoms with Gasteiger partial charge in [-0.1, -0.05) is 0 Å². The minimum absolute atomic E-state index is 0.344. The molecular formula is C24H23N3O5S. The van der Waals surface area contributed by atoms with E-state index >= 15 is 0 Å². The maximum atomic E-state index is 12.4. The van der Waals surface area contributed by atoms with Crippen molar-refractivity contribution in [1.29, 1.82) is 0 Å². The molecule has 0 atom stereocenters. The van der Waals surface area contributed by atoms with Crippen LogP contribution in [-0.2, 0) is 0 Å². The van der Waals surface area contributed by atoms with E-state index in [2.05, 4.69) is 15.8 Å². The number of benzene rings is 3. The number of hydrazone groups is 1. The first-order valence-electron chi connectivity index (χ1n) is 9.80. The van der Waals surface area contributed by atoms with Crippen LogP contribution in [0.3, 0.4) is 0 Å². The first kappa shape index (κ1) is 23.6. The summed E-state index contributed by atoms with van der Waals surface area (Å²) in [6.07, 6.45) is 1.60. The second kappa shape index (κ2) is 11.5. The van der Waals surface area contributed by atoms with E-state index in [1.54, 1.807) is 55.8 Å². The van der Waals surface area contributed by atoms with Crippen molar-refractivity contribution in [1.82, 2.24) is 5.43 Å². The molecule has 0 amide bonds. The molecule has 0 aliphatic rings. The van der Waals surface area contributed by atoms with E-state index < -0.39 is 5.97 Å². The molecule has 9 heteroatoms. The summed E-state index contributed by atoms with van der Waals surface area (Å²) in [5.74, 6) is 1.64. The van der Waals surface area contributed by atoms with Crippen LogP contribution in [0.5, 0.6) is 23.0 Å². The molecule has 8 nitrogen and oxygen atoms in total. The maximum absolute atomic E-state index is 12.4. The quantitative estimate of drug-likeness (QED) is 0.168. The lowest BCUT2D eigenvalue weighted by atomic mass is 10.2. The number of hydrogen-bond acceptors (Lipinski definition) is 7. The first-order valence-corrected chi connectivity index (χ1v) is 10.2. The summed E-state index contributed by atoms with van der Waals surface area (Å²) in [7, 11) is 4.64. The number of carbonyl (C=O) groups is 1. The third-order valence-electron chi connectivity index (χ3n) is 4.44. The van der Waals surface area contributed by atoms with E-state index in [-0.39, 0.29) is 0 Å². The highest BCUT2D eigenvalue weighted by molar-refractivity contribution is 7.80. The molecule has 0 fully saturated rings. The van der Waals surface area contributed by atoms with Gasteiger partial charge in [0.15, 0.2) is 16.6 Å². The lowest BCUT2D eigenvalue weighted by Crippen LogP contribution is -2.23. The minimum atomic E-state index is -0.506. The SMILES string of the molecule is COc1ccc(NC(=S)N/N=C/c2ccc(OC(=O)c3ccc(OC)c(OC)c3)cc2)cc1. The Labute approximate surface area is 197 Å². The Bertz CT molecular complexity index is 1130. The Hall–Kier alpha value is -4.11. The molecule has 3 aromatic carbocycles.